The molecule has 21 heavy (non-hydrogen) atoms. The molecule has 0 radical (unpaired) electrons. The predicted octanol–water partition coefficient (Wildman–Crippen LogP) is 3.87. The van der Waals surface area contributed by atoms with Crippen molar-refractivity contribution in [3.8, 4) is 0 Å². The van der Waals surface area contributed by atoms with Crippen molar-refractivity contribution < 1.29 is 14.3 Å². The fourth-order valence-electron chi connectivity index (χ4n) is 2.35. The van der Waals surface area contributed by atoms with Gasteiger partial charge in [0.15, 0.2) is 0 Å². The molecule has 0 aliphatic heterocycles. The molecule has 0 aromatic heterocycles. The Hall–Kier alpha value is -2.16. The van der Waals surface area contributed by atoms with Crippen LogP contribution in [0.2, 0.25) is 0 Å². The lowest BCUT2D eigenvalue weighted by atomic mass is 9.92. The van der Waals surface area contributed by atoms with Crippen molar-refractivity contribution in [1.82, 2.24) is 0 Å². The second-order valence-corrected chi connectivity index (χ2v) is 5.24. The van der Waals surface area contributed by atoms with Crippen LogP contribution >= 0.6 is 0 Å². The zero-order chi connectivity index (χ0) is 15.2. The summed E-state index contributed by atoms with van der Waals surface area (Å²) in [5, 5.41) is 9.38. The molecule has 0 saturated heterocycles. The minimum Gasteiger partial charge on any atom is -0.481 e. The molecule has 0 heterocycles. The smallest absolute Gasteiger partial charge is 0.307 e. The Labute approximate surface area is 124 Å². The molecule has 0 aliphatic rings. The Morgan fingerprint density at radius 2 is 1.38 bits per heavy atom. The van der Waals surface area contributed by atoms with Crippen molar-refractivity contribution in [2.45, 2.75) is 26.2 Å². The molecule has 2 rings (SSSR count). The number of carbonyl (C=O) groups is 1. The van der Waals surface area contributed by atoms with Gasteiger partial charge in [-0.3, -0.25) is 4.79 Å². The van der Waals surface area contributed by atoms with Crippen molar-refractivity contribution in [1.29, 1.82) is 0 Å². The van der Waals surface area contributed by atoms with Gasteiger partial charge in [-0.2, -0.15) is 0 Å². The predicted molar refractivity (Wildman–Crippen MR) is 80.8 cm³/mol. The van der Waals surface area contributed by atoms with Gasteiger partial charge in [0.25, 0.3) is 0 Å². The van der Waals surface area contributed by atoms with Crippen molar-refractivity contribution in [3.63, 3.8) is 0 Å². The van der Waals surface area contributed by atoms with E-state index in [0.29, 0.717) is 12.8 Å². The summed E-state index contributed by atoms with van der Waals surface area (Å²) < 4.78 is 12.9. The van der Waals surface area contributed by atoms with Gasteiger partial charge in [0.2, 0.25) is 0 Å². The fraction of sp³-hybridized carbons (Fsp3) is 0.278. The van der Waals surface area contributed by atoms with Crippen LogP contribution in [0.3, 0.4) is 0 Å². The van der Waals surface area contributed by atoms with E-state index in [0.717, 1.165) is 17.5 Å². The summed E-state index contributed by atoms with van der Waals surface area (Å²) in [6, 6.07) is 14.1. The number of carboxylic acid groups (broad SMARTS) is 1. The Bertz CT molecular complexity index is 588. The first-order valence-corrected chi connectivity index (χ1v) is 7.13. The van der Waals surface area contributed by atoms with Gasteiger partial charge in [-0.25, -0.2) is 4.39 Å². The largest absolute Gasteiger partial charge is 0.481 e. The summed E-state index contributed by atoms with van der Waals surface area (Å²) in [7, 11) is 0. The topological polar surface area (TPSA) is 37.3 Å². The third-order valence-electron chi connectivity index (χ3n) is 3.66. The summed E-state index contributed by atoms with van der Waals surface area (Å²) in [6.45, 7) is 2.09. The molecular weight excluding hydrogens is 267 g/mol. The highest BCUT2D eigenvalue weighted by molar-refractivity contribution is 5.70. The quantitative estimate of drug-likeness (QED) is 0.875. The van der Waals surface area contributed by atoms with Gasteiger partial charge >= 0.3 is 5.97 Å². The van der Waals surface area contributed by atoms with Gasteiger partial charge < -0.3 is 5.11 Å². The van der Waals surface area contributed by atoms with E-state index in [2.05, 4.69) is 6.92 Å². The fourth-order valence-corrected chi connectivity index (χ4v) is 2.35. The average molecular weight is 286 g/mol. The number of hydrogen-bond acceptors (Lipinski definition) is 1. The van der Waals surface area contributed by atoms with Gasteiger partial charge in [0.1, 0.15) is 5.82 Å². The molecule has 1 N–H and O–H groups in total. The zero-order valence-corrected chi connectivity index (χ0v) is 12.1. The highest BCUT2D eigenvalue weighted by atomic mass is 19.1. The van der Waals surface area contributed by atoms with Crippen LogP contribution < -0.4 is 0 Å². The maximum atomic E-state index is 12.9. The Morgan fingerprint density at radius 3 is 1.81 bits per heavy atom. The molecular formula is C18H19FO2. The number of halogens is 1. The highest BCUT2D eigenvalue weighted by Crippen LogP contribution is 2.16. The first-order valence-electron chi connectivity index (χ1n) is 7.13. The van der Waals surface area contributed by atoms with E-state index in [4.69, 9.17) is 0 Å². The maximum absolute atomic E-state index is 12.9. The number of hydrogen-bond donors (Lipinski definition) is 1. The number of rotatable bonds is 6. The third kappa shape index (κ3) is 4.42. The van der Waals surface area contributed by atoms with E-state index in [-0.39, 0.29) is 5.82 Å². The summed E-state index contributed by atoms with van der Waals surface area (Å²) in [4.78, 5) is 11.4. The van der Waals surface area contributed by atoms with Crippen LogP contribution in [-0.4, -0.2) is 11.1 Å². The van der Waals surface area contributed by atoms with Crippen LogP contribution in [0.5, 0.6) is 0 Å². The molecule has 1 atom stereocenters. The SMILES string of the molecule is CCc1ccc(CC(Cc2ccc(F)cc2)C(=O)O)cc1. The average Bonchev–Trinajstić information content (AvgIpc) is 2.49. The molecule has 2 aromatic carbocycles. The Balaban J connectivity index is 2.07. The lowest BCUT2D eigenvalue weighted by molar-refractivity contribution is -0.141. The van der Waals surface area contributed by atoms with Crippen LogP contribution in [0, 0.1) is 11.7 Å². The summed E-state index contributed by atoms with van der Waals surface area (Å²) >= 11 is 0. The summed E-state index contributed by atoms with van der Waals surface area (Å²) in [6.07, 6.45) is 1.86. The summed E-state index contributed by atoms with van der Waals surface area (Å²) in [5.41, 5.74) is 3.10. The van der Waals surface area contributed by atoms with Gasteiger partial charge in [-0.1, -0.05) is 43.3 Å². The van der Waals surface area contributed by atoms with Crippen molar-refractivity contribution in [2.24, 2.45) is 5.92 Å². The van der Waals surface area contributed by atoms with E-state index in [1.807, 2.05) is 24.3 Å². The van der Waals surface area contributed by atoms with E-state index in [1.54, 1.807) is 12.1 Å². The standard InChI is InChI=1S/C18H19FO2/c1-2-13-3-5-14(6-4-13)11-16(18(20)21)12-15-7-9-17(19)10-8-15/h3-10,16H,2,11-12H2,1H3,(H,20,21). The first-order chi connectivity index (χ1) is 10.1. The van der Waals surface area contributed by atoms with Gasteiger partial charge in [0.05, 0.1) is 5.92 Å². The highest BCUT2D eigenvalue weighted by Gasteiger charge is 2.18. The van der Waals surface area contributed by atoms with E-state index < -0.39 is 11.9 Å². The minimum absolute atomic E-state index is 0.305. The monoisotopic (exact) mass is 286 g/mol. The number of aliphatic carboxylic acids is 1. The van der Waals surface area contributed by atoms with Crippen LogP contribution in [0.15, 0.2) is 48.5 Å². The van der Waals surface area contributed by atoms with E-state index in [9.17, 15) is 14.3 Å². The third-order valence-corrected chi connectivity index (χ3v) is 3.66. The van der Waals surface area contributed by atoms with Gasteiger partial charge in [-0.05, 0) is 48.1 Å². The molecule has 110 valence electrons. The van der Waals surface area contributed by atoms with Gasteiger partial charge in [-0.15, -0.1) is 0 Å². The first kappa shape index (κ1) is 15.2. The Kier molecular flexibility index (Phi) is 5.09. The summed E-state index contributed by atoms with van der Waals surface area (Å²) in [5.74, 6) is -1.62. The molecule has 2 aromatic rings. The molecule has 0 saturated carbocycles. The molecule has 0 bridgehead atoms. The second kappa shape index (κ2) is 7.02. The number of carboxylic acids is 1. The van der Waals surface area contributed by atoms with Crippen LogP contribution in [0.25, 0.3) is 0 Å². The molecule has 0 spiro atoms. The number of aryl methyl sites for hydroxylation is 1. The second-order valence-electron chi connectivity index (χ2n) is 5.24. The maximum Gasteiger partial charge on any atom is 0.307 e. The van der Waals surface area contributed by atoms with Crippen LogP contribution in [-0.2, 0) is 24.1 Å². The molecule has 1 unspecified atom stereocenters. The molecule has 0 fully saturated rings. The molecule has 0 amide bonds. The van der Waals surface area contributed by atoms with E-state index >= 15 is 0 Å². The lowest BCUT2D eigenvalue weighted by Gasteiger charge is -2.13. The Morgan fingerprint density at radius 1 is 0.952 bits per heavy atom. The van der Waals surface area contributed by atoms with Crippen LogP contribution in [0.1, 0.15) is 23.6 Å². The lowest BCUT2D eigenvalue weighted by Crippen LogP contribution is -2.19. The van der Waals surface area contributed by atoms with Crippen molar-refractivity contribution in [2.75, 3.05) is 0 Å². The molecule has 3 heteroatoms. The van der Waals surface area contributed by atoms with E-state index in [1.165, 1.54) is 17.7 Å². The minimum atomic E-state index is -0.820. The molecule has 2 nitrogen and oxygen atoms in total. The zero-order valence-electron chi connectivity index (χ0n) is 12.1. The van der Waals surface area contributed by atoms with Crippen LogP contribution in [0.4, 0.5) is 4.39 Å². The normalized spacial score (nSPS) is 12.1. The molecule has 0 aliphatic carbocycles. The number of benzene rings is 2. The van der Waals surface area contributed by atoms with Crippen molar-refractivity contribution in [3.05, 3.63) is 71.0 Å². The van der Waals surface area contributed by atoms with Gasteiger partial charge in [0, 0.05) is 0 Å². The van der Waals surface area contributed by atoms with Crippen molar-refractivity contribution >= 4 is 5.97 Å².